The van der Waals surface area contributed by atoms with Crippen molar-refractivity contribution in [2.45, 2.75) is 0 Å². The Morgan fingerprint density at radius 1 is 1.33 bits per heavy atom. The number of thiazole rings is 1. The van der Waals surface area contributed by atoms with Gasteiger partial charge in [-0.05, 0) is 12.1 Å². The van der Waals surface area contributed by atoms with Crippen LogP contribution in [0, 0.1) is 0 Å². The molecule has 15 heavy (non-hydrogen) atoms. The van der Waals surface area contributed by atoms with Crippen molar-refractivity contribution in [3.05, 3.63) is 34.3 Å². The second kappa shape index (κ2) is 3.87. The van der Waals surface area contributed by atoms with Crippen molar-refractivity contribution in [3.63, 3.8) is 0 Å². The molecule has 0 atom stereocenters. The zero-order valence-corrected chi connectivity index (χ0v) is 9.70. The van der Waals surface area contributed by atoms with Gasteiger partial charge in [-0.2, -0.15) is 0 Å². The Labute approximate surface area is 96.4 Å². The Bertz CT molecular complexity index is 475. The highest BCUT2D eigenvalue weighted by Gasteiger charge is 2.07. The lowest BCUT2D eigenvalue weighted by atomic mass is 10.3. The van der Waals surface area contributed by atoms with Crippen molar-refractivity contribution in [2.75, 3.05) is 12.3 Å². The summed E-state index contributed by atoms with van der Waals surface area (Å²) < 4.78 is 1.26. The van der Waals surface area contributed by atoms with Crippen molar-refractivity contribution >= 4 is 39.4 Å². The molecular formula is C11H10N2S2. The van der Waals surface area contributed by atoms with E-state index in [0.29, 0.717) is 0 Å². The van der Waals surface area contributed by atoms with Gasteiger partial charge in [0.1, 0.15) is 5.01 Å². The molecule has 1 aliphatic rings. The minimum atomic E-state index is 1.07. The standard InChI is InChI=1S/C11H10N2S2/c1-2-4-9-8(3-1)13-11(15-9)7-10-12-5-6-14-10/h1-4,7,12H,5-6H2/b10-7+. The highest BCUT2D eigenvalue weighted by molar-refractivity contribution is 8.03. The van der Waals surface area contributed by atoms with Gasteiger partial charge in [-0.15, -0.1) is 23.1 Å². The molecule has 2 nitrogen and oxygen atoms in total. The summed E-state index contributed by atoms with van der Waals surface area (Å²) in [5.41, 5.74) is 1.09. The molecule has 1 aromatic carbocycles. The maximum absolute atomic E-state index is 4.56. The summed E-state index contributed by atoms with van der Waals surface area (Å²) in [5, 5.41) is 5.68. The first-order valence-corrected chi connectivity index (χ1v) is 6.66. The third kappa shape index (κ3) is 1.87. The van der Waals surface area contributed by atoms with Crippen molar-refractivity contribution in [2.24, 2.45) is 0 Å². The highest BCUT2D eigenvalue weighted by atomic mass is 32.2. The summed E-state index contributed by atoms with van der Waals surface area (Å²) in [6.07, 6.45) is 2.14. The fourth-order valence-corrected chi connectivity index (χ4v) is 3.35. The number of rotatable bonds is 1. The molecule has 0 amide bonds. The van der Waals surface area contributed by atoms with Crippen LogP contribution in [-0.2, 0) is 0 Å². The number of hydrogen-bond donors (Lipinski definition) is 1. The molecule has 0 aliphatic carbocycles. The van der Waals surface area contributed by atoms with E-state index in [4.69, 9.17) is 0 Å². The summed E-state index contributed by atoms with van der Waals surface area (Å²) in [4.78, 5) is 4.56. The first-order valence-electron chi connectivity index (χ1n) is 4.86. The van der Waals surface area contributed by atoms with Crippen molar-refractivity contribution in [3.8, 4) is 0 Å². The van der Waals surface area contributed by atoms with Gasteiger partial charge < -0.3 is 5.32 Å². The van der Waals surface area contributed by atoms with E-state index in [-0.39, 0.29) is 0 Å². The van der Waals surface area contributed by atoms with Crippen LogP contribution in [0.25, 0.3) is 16.3 Å². The van der Waals surface area contributed by atoms with Gasteiger partial charge in [-0.25, -0.2) is 4.98 Å². The quantitative estimate of drug-likeness (QED) is 0.821. The van der Waals surface area contributed by atoms with E-state index in [1.807, 2.05) is 17.8 Å². The van der Waals surface area contributed by atoms with E-state index in [9.17, 15) is 0 Å². The Morgan fingerprint density at radius 2 is 2.27 bits per heavy atom. The van der Waals surface area contributed by atoms with Crippen LogP contribution < -0.4 is 5.32 Å². The van der Waals surface area contributed by atoms with Crippen LogP contribution in [0.3, 0.4) is 0 Å². The molecule has 3 rings (SSSR count). The van der Waals surface area contributed by atoms with E-state index in [0.717, 1.165) is 22.8 Å². The second-order valence-electron chi connectivity index (χ2n) is 3.30. The number of para-hydroxylation sites is 1. The minimum absolute atomic E-state index is 1.07. The average molecular weight is 234 g/mol. The van der Waals surface area contributed by atoms with Gasteiger partial charge in [0.05, 0.1) is 15.2 Å². The third-order valence-corrected chi connectivity index (χ3v) is 4.19. The molecule has 0 unspecified atom stereocenters. The monoisotopic (exact) mass is 234 g/mol. The summed E-state index contributed by atoms with van der Waals surface area (Å²) >= 11 is 3.61. The Hall–Kier alpha value is -1.00. The van der Waals surface area contributed by atoms with Gasteiger partial charge in [0.25, 0.3) is 0 Å². The molecule has 1 aromatic heterocycles. The molecule has 1 N–H and O–H groups in total. The van der Waals surface area contributed by atoms with Gasteiger partial charge in [-0.3, -0.25) is 0 Å². The van der Waals surface area contributed by atoms with Crippen LogP contribution in [0.2, 0.25) is 0 Å². The number of thioether (sulfide) groups is 1. The molecule has 1 saturated heterocycles. The highest BCUT2D eigenvalue weighted by Crippen LogP contribution is 2.26. The van der Waals surface area contributed by atoms with Crippen LogP contribution in [0.4, 0.5) is 0 Å². The van der Waals surface area contributed by atoms with Crippen molar-refractivity contribution in [1.29, 1.82) is 0 Å². The third-order valence-electron chi connectivity index (χ3n) is 2.22. The molecule has 0 bridgehead atoms. The summed E-state index contributed by atoms with van der Waals surface area (Å²) in [6.45, 7) is 1.07. The molecule has 1 aliphatic heterocycles. The molecule has 2 aromatic rings. The average Bonchev–Trinajstić information content (AvgIpc) is 2.86. The summed E-state index contributed by atoms with van der Waals surface area (Å²) in [5.74, 6) is 1.16. The number of nitrogens with zero attached hydrogens (tertiary/aromatic N) is 1. The zero-order valence-electron chi connectivity index (χ0n) is 8.06. The Kier molecular flexibility index (Phi) is 2.38. The fraction of sp³-hybridized carbons (Fsp3) is 0.182. The van der Waals surface area contributed by atoms with E-state index in [1.54, 1.807) is 11.3 Å². The lowest BCUT2D eigenvalue weighted by Crippen LogP contribution is -2.03. The van der Waals surface area contributed by atoms with Crippen LogP contribution in [0.1, 0.15) is 5.01 Å². The number of nitrogens with one attached hydrogen (secondary N) is 1. The fourth-order valence-electron chi connectivity index (χ4n) is 1.54. The van der Waals surface area contributed by atoms with Gasteiger partial charge >= 0.3 is 0 Å². The minimum Gasteiger partial charge on any atom is -0.379 e. The maximum atomic E-state index is 4.56. The first-order chi connectivity index (χ1) is 7.42. The molecular weight excluding hydrogens is 224 g/mol. The Morgan fingerprint density at radius 3 is 3.07 bits per heavy atom. The van der Waals surface area contributed by atoms with E-state index < -0.39 is 0 Å². The molecule has 2 heterocycles. The SMILES string of the molecule is C(=C1/NCCS1)/c1nc2ccccc2s1. The topological polar surface area (TPSA) is 24.9 Å². The number of aromatic nitrogens is 1. The number of fused-ring (bicyclic) bond motifs is 1. The van der Waals surface area contributed by atoms with E-state index >= 15 is 0 Å². The largest absolute Gasteiger partial charge is 0.379 e. The lowest BCUT2D eigenvalue weighted by Gasteiger charge is -1.92. The summed E-state index contributed by atoms with van der Waals surface area (Å²) in [7, 11) is 0. The van der Waals surface area contributed by atoms with Crippen molar-refractivity contribution < 1.29 is 0 Å². The molecule has 4 heteroatoms. The molecule has 1 fully saturated rings. The predicted octanol–water partition coefficient (Wildman–Crippen LogP) is 2.93. The normalized spacial score (nSPS) is 18.5. The number of benzene rings is 1. The van der Waals surface area contributed by atoms with Crippen LogP contribution >= 0.6 is 23.1 Å². The second-order valence-corrected chi connectivity index (χ2v) is 5.50. The van der Waals surface area contributed by atoms with Gasteiger partial charge in [0.15, 0.2) is 0 Å². The van der Waals surface area contributed by atoms with E-state index in [2.05, 4.69) is 34.6 Å². The van der Waals surface area contributed by atoms with Crippen LogP contribution in [-0.4, -0.2) is 17.3 Å². The maximum Gasteiger partial charge on any atom is 0.119 e. The zero-order chi connectivity index (χ0) is 10.1. The lowest BCUT2D eigenvalue weighted by molar-refractivity contribution is 0.952. The van der Waals surface area contributed by atoms with Crippen molar-refractivity contribution in [1.82, 2.24) is 10.3 Å². The van der Waals surface area contributed by atoms with Crippen LogP contribution in [0.15, 0.2) is 29.3 Å². The van der Waals surface area contributed by atoms with Gasteiger partial charge in [0, 0.05) is 18.4 Å². The molecule has 0 spiro atoms. The molecule has 0 saturated carbocycles. The summed E-state index contributed by atoms with van der Waals surface area (Å²) in [6, 6.07) is 8.26. The molecule has 0 radical (unpaired) electrons. The Balaban J connectivity index is 2.01. The predicted molar refractivity (Wildman–Crippen MR) is 68.1 cm³/mol. The smallest absolute Gasteiger partial charge is 0.119 e. The number of hydrogen-bond acceptors (Lipinski definition) is 4. The van der Waals surface area contributed by atoms with Gasteiger partial charge in [-0.1, -0.05) is 12.1 Å². The van der Waals surface area contributed by atoms with Gasteiger partial charge in [0.2, 0.25) is 0 Å². The van der Waals surface area contributed by atoms with E-state index in [1.165, 1.54) is 9.73 Å². The first kappa shape index (κ1) is 9.24. The molecule has 76 valence electrons. The van der Waals surface area contributed by atoms with Crippen LogP contribution in [0.5, 0.6) is 0 Å².